The van der Waals surface area contributed by atoms with Gasteiger partial charge < -0.3 is 29.6 Å². The molecule has 0 unspecified atom stereocenters. The van der Waals surface area contributed by atoms with Gasteiger partial charge >= 0.3 is 0 Å². The van der Waals surface area contributed by atoms with Gasteiger partial charge in [0, 0.05) is 11.4 Å². The van der Waals surface area contributed by atoms with E-state index in [1.54, 1.807) is 87.0 Å². The maximum atomic E-state index is 12.2. The fourth-order valence-corrected chi connectivity index (χ4v) is 2.71. The van der Waals surface area contributed by atoms with E-state index in [9.17, 15) is 9.59 Å². The zero-order chi connectivity index (χ0) is 22.8. The first kappa shape index (κ1) is 22.5. The zero-order valence-corrected chi connectivity index (χ0v) is 17.8. The predicted octanol–water partition coefficient (Wildman–Crippen LogP) is 3.74. The highest BCUT2D eigenvalue weighted by molar-refractivity contribution is 5.95. The molecule has 0 aliphatic rings. The normalized spacial score (nSPS) is 10.1. The van der Waals surface area contributed by atoms with Crippen molar-refractivity contribution < 1.29 is 28.5 Å². The van der Waals surface area contributed by atoms with Crippen molar-refractivity contribution in [2.24, 2.45) is 0 Å². The largest absolute Gasteiger partial charge is 0.497 e. The van der Waals surface area contributed by atoms with Crippen molar-refractivity contribution in [3.63, 3.8) is 0 Å². The molecule has 0 spiro atoms. The molecule has 3 rings (SSSR count). The third-order valence-electron chi connectivity index (χ3n) is 4.29. The summed E-state index contributed by atoms with van der Waals surface area (Å²) in [5.41, 5.74) is 1.06. The Bertz CT molecular complexity index is 954. The molecule has 0 radical (unpaired) electrons. The topological polar surface area (TPSA) is 95.1 Å². The molecule has 0 saturated carbocycles. The second-order valence-corrected chi connectivity index (χ2v) is 6.61. The minimum absolute atomic E-state index is 0.154. The highest BCUT2D eigenvalue weighted by atomic mass is 16.5. The first-order valence-electron chi connectivity index (χ1n) is 9.79. The number of nitrogens with one attached hydrogen (secondary N) is 2. The Hall–Kier alpha value is -4.20. The van der Waals surface area contributed by atoms with E-state index in [0.717, 1.165) is 0 Å². The Morgan fingerprint density at radius 2 is 1.00 bits per heavy atom. The minimum Gasteiger partial charge on any atom is -0.497 e. The summed E-state index contributed by atoms with van der Waals surface area (Å²) in [6.07, 6.45) is 0. The van der Waals surface area contributed by atoms with Crippen LogP contribution in [0.5, 0.6) is 23.0 Å². The van der Waals surface area contributed by atoms with Crippen LogP contribution < -0.4 is 29.6 Å². The van der Waals surface area contributed by atoms with Gasteiger partial charge in [-0.2, -0.15) is 0 Å². The maximum absolute atomic E-state index is 12.2. The molecule has 0 fully saturated rings. The van der Waals surface area contributed by atoms with Crippen LogP contribution in [0.3, 0.4) is 0 Å². The van der Waals surface area contributed by atoms with E-state index in [2.05, 4.69) is 10.6 Å². The second-order valence-electron chi connectivity index (χ2n) is 6.61. The van der Waals surface area contributed by atoms with Crippen molar-refractivity contribution in [1.29, 1.82) is 0 Å². The lowest BCUT2D eigenvalue weighted by atomic mass is 10.2. The van der Waals surface area contributed by atoms with E-state index in [0.29, 0.717) is 34.4 Å². The Morgan fingerprint density at radius 1 is 0.625 bits per heavy atom. The summed E-state index contributed by atoms with van der Waals surface area (Å²) in [6, 6.07) is 20.7. The molecule has 32 heavy (non-hydrogen) atoms. The van der Waals surface area contributed by atoms with Gasteiger partial charge in [-0.15, -0.1) is 0 Å². The molecule has 0 heterocycles. The van der Waals surface area contributed by atoms with Gasteiger partial charge in [0.05, 0.1) is 14.2 Å². The van der Waals surface area contributed by atoms with Crippen molar-refractivity contribution in [1.82, 2.24) is 0 Å². The number of amides is 2. The Labute approximate surface area is 186 Å². The third kappa shape index (κ3) is 6.94. The molecule has 166 valence electrons. The summed E-state index contributed by atoms with van der Waals surface area (Å²) in [4.78, 5) is 24.3. The molecule has 0 saturated heterocycles. The van der Waals surface area contributed by atoms with Gasteiger partial charge in [-0.3, -0.25) is 9.59 Å². The SMILES string of the molecule is COc1ccc(OCC(=O)Nc2cccc(NC(=O)COc3ccc(OC)cc3)c2)cc1. The Kier molecular flexibility index (Phi) is 7.91. The van der Waals surface area contributed by atoms with E-state index in [1.165, 1.54) is 0 Å². The zero-order valence-electron chi connectivity index (χ0n) is 17.8. The van der Waals surface area contributed by atoms with Crippen molar-refractivity contribution in [3.8, 4) is 23.0 Å². The van der Waals surface area contributed by atoms with Gasteiger partial charge in [-0.05, 0) is 66.7 Å². The van der Waals surface area contributed by atoms with Crippen molar-refractivity contribution in [2.45, 2.75) is 0 Å². The number of ether oxygens (including phenoxy) is 4. The molecule has 3 aromatic carbocycles. The van der Waals surface area contributed by atoms with E-state index < -0.39 is 0 Å². The van der Waals surface area contributed by atoms with Crippen LogP contribution in [-0.4, -0.2) is 39.2 Å². The molecule has 2 amide bonds. The summed E-state index contributed by atoms with van der Waals surface area (Å²) in [5.74, 6) is 1.86. The van der Waals surface area contributed by atoms with Crippen molar-refractivity contribution >= 4 is 23.2 Å². The fourth-order valence-electron chi connectivity index (χ4n) is 2.71. The highest BCUT2D eigenvalue weighted by Gasteiger charge is 2.07. The maximum Gasteiger partial charge on any atom is 0.262 e. The first-order chi connectivity index (χ1) is 15.6. The van der Waals surface area contributed by atoms with Gasteiger partial charge in [0.15, 0.2) is 13.2 Å². The van der Waals surface area contributed by atoms with Gasteiger partial charge in [0.2, 0.25) is 0 Å². The molecular formula is C24H24N2O6. The van der Waals surface area contributed by atoms with E-state index in [4.69, 9.17) is 18.9 Å². The summed E-state index contributed by atoms with van der Waals surface area (Å²) in [6.45, 7) is -0.308. The average Bonchev–Trinajstić information content (AvgIpc) is 2.82. The first-order valence-corrected chi connectivity index (χ1v) is 9.79. The fraction of sp³-hybridized carbons (Fsp3) is 0.167. The minimum atomic E-state index is -0.327. The van der Waals surface area contributed by atoms with Crippen LogP contribution in [0.4, 0.5) is 11.4 Å². The highest BCUT2D eigenvalue weighted by Crippen LogP contribution is 2.19. The average molecular weight is 436 g/mol. The number of rotatable bonds is 10. The number of hydrogen-bond donors (Lipinski definition) is 2. The lowest BCUT2D eigenvalue weighted by Crippen LogP contribution is -2.21. The van der Waals surface area contributed by atoms with Gasteiger partial charge in [0.25, 0.3) is 11.8 Å². The number of hydrogen-bond acceptors (Lipinski definition) is 6. The number of methoxy groups -OCH3 is 2. The van der Waals surface area contributed by atoms with Crippen molar-refractivity contribution in [3.05, 3.63) is 72.8 Å². The molecule has 0 aliphatic carbocycles. The lowest BCUT2D eigenvalue weighted by molar-refractivity contribution is -0.118. The van der Waals surface area contributed by atoms with E-state index >= 15 is 0 Å². The second kappa shape index (κ2) is 11.3. The van der Waals surface area contributed by atoms with Crippen molar-refractivity contribution in [2.75, 3.05) is 38.1 Å². The number of anilines is 2. The Morgan fingerprint density at radius 3 is 1.38 bits per heavy atom. The van der Waals surface area contributed by atoms with E-state index in [-0.39, 0.29) is 25.0 Å². The molecular weight excluding hydrogens is 412 g/mol. The molecule has 8 nitrogen and oxygen atoms in total. The Balaban J connectivity index is 1.46. The van der Waals surface area contributed by atoms with Crippen LogP contribution >= 0.6 is 0 Å². The van der Waals surface area contributed by atoms with Crippen LogP contribution in [0.2, 0.25) is 0 Å². The molecule has 0 atom stereocenters. The van der Waals surface area contributed by atoms with Crippen LogP contribution in [0, 0.1) is 0 Å². The number of carbonyl (C=O) groups is 2. The van der Waals surface area contributed by atoms with Crippen LogP contribution in [-0.2, 0) is 9.59 Å². The smallest absolute Gasteiger partial charge is 0.262 e. The predicted molar refractivity (Wildman–Crippen MR) is 121 cm³/mol. The molecule has 0 aliphatic heterocycles. The molecule has 3 aromatic rings. The lowest BCUT2D eigenvalue weighted by Gasteiger charge is -2.11. The van der Waals surface area contributed by atoms with Crippen LogP contribution in [0.15, 0.2) is 72.8 Å². The standard InChI is InChI=1S/C24H24N2O6/c1-29-19-6-10-21(11-7-19)31-15-23(27)25-17-4-3-5-18(14-17)26-24(28)16-32-22-12-8-20(30-2)9-13-22/h3-14H,15-16H2,1-2H3,(H,25,27)(H,26,28). The number of carbonyl (C=O) groups excluding carboxylic acids is 2. The monoisotopic (exact) mass is 436 g/mol. The molecule has 0 bridgehead atoms. The summed E-state index contributed by atoms with van der Waals surface area (Å²) in [7, 11) is 3.15. The van der Waals surface area contributed by atoms with Gasteiger partial charge in [-0.25, -0.2) is 0 Å². The molecule has 8 heteroatoms. The van der Waals surface area contributed by atoms with Crippen LogP contribution in [0.1, 0.15) is 0 Å². The number of benzene rings is 3. The third-order valence-corrected chi connectivity index (χ3v) is 4.29. The summed E-state index contributed by atoms with van der Waals surface area (Å²) in [5, 5.41) is 5.47. The molecule has 0 aromatic heterocycles. The van der Waals surface area contributed by atoms with Crippen LogP contribution in [0.25, 0.3) is 0 Å². The summed E-state index contributed by atoms with van der Waals surface area (Å²) >= 11 is 0. The van der Waals surface area contributed by atoms with Gasteiger partial charge in [-0.1, -0.05) is 6.07 Å². The quantitative estimate of drug-likeness (QED) is 0.503. The molecule has 2 N–H and O–H groups in total. The van der Waals surface area contributed by atoms with Gasteiger partial charge in [0.1, 0.15) is 23.0 Å². The van der Waals surface area contributed by atoms with E-state index in [1.807, 2.05) is 0 Å². The summed E-state index contributed by atoms with van der Waals surface area (Å²) < 4.78 is 21.1.